The summed E-state index contributed by atoms with van der Waals surface area (Å²) in [6.07, 6.45) is 6.87. The first-order valence-electron chi connectivity index (χ1n) is 6.26. The Morgan fingerprint density at radius 2 is 2.00 bits per heavy atom. The molecular weight excluding hydrogens is 232 g/mol. The van der Waals surface area contributed by atoms with E-state index < -0.39 is 0 Å². The Morgan fingerprint density at radius 1 is 1.35 bits per heavy atom. The van der Waals surface area contributed by atoms with Gasteiger partial charge in [0, 0.05) is 16.2 Å². The molecule has 96 valence electrons. The molecule has 3 heteroatoms. The van der Waals surface area contributed by atoms with Gasteiger partial charge >= 0.3 is 5.97 Å². The molecule has 0 radical (unpaired) electrons. The van der Waals surface area contributed by atoms with Gasteiger partial charge in [-0.25, -0.2) is 0 Å². The number of carbonyl (C=O) groups is 1. The maximum Gasteiger partial charge on any atom is 0.305 e. The van der Waals surface area contributed by atoms with Gasteiger partial charge in [0.25, 0.3) is 0 Å². The molecule has 0 bridgehead atoms. The first kappa shape index (κ1) is 14.2. The van der Waals surface area contributed by atoms with Gasteiger partial charge in [0.1, 0.15) is 0 Å². The van der Waals surface area contributed by atoms with Crippen LogP contribution in [-0.2, 0) is 16.0 Å². The Balaban J connectivity index is 0.000000415. The molecule has 17 heavy (non-hydrogen) atoms. The summed E-state index contributed by atoms with van der Waals surface area (Å²) >= 11 is 1.82. The molecule has 1 aromatic heterocycles. The number of hydrogen-bond donors (Lipinski definition) is 0. The van der Waals surface area contributed by atoms with Crippen molar-refractivity contribution in [1.29, 1.82) is 0 Å². The predicted molar refractivity (Wildman–Crippen MR) is 72.6 cm³/mol. The second-order valence-corrected chi connectivity index (χ2v) is 5.89. The van der Waals surface area contributed by atoms with E-state index in [9.17, 15) is 4.79 Å². The van der Waals surface area contributed by atoms with Gasteiger partial charge < -0.3 is 4.74 Å². The van der Waals surface area contributed by atoms with Crippen molar-refractivity contribution < 1.29 is 9.53 Å². The third kappa shape index (κ3) is 6.47. The maximum atomic E-state index is 10.9. The molecule has 0 amide bonds. The largest absolute Gasteiger partial charge is 0.469 e. The molecule has 1 heterocycles. The number of methoxy groups -OCH3 is 1. The van der Waals surface area contributed by atoms with Gasteiger partial charge in [0.05, 0.1) is 7.11 Å². The highest BCUT2D eigenvalue weighted by molar-refractivity contribution is 7.12. The van der Waals surface area contributed by atoms with E-state index >= 15 is 0 Å². The molecule has 1 aromatic rings. The van der Waals surface area contributed by atoms with Crippen LogP contribution in [0.5, 0.6) is 0 Å². The van der Waals surface area contributed by atoms with Crippen molar-refractivity contribution in [3.05, 3.63) is 21.4 Å². The molecule has 0 saturated heterocycles. The zero-order valence-electron chi connectivity index (χ0n) is 11.0. The minimum absolute atomic E-state index is 0.116. The quantitative estimate of drug-likeness (QED) is 0.758. The van der Waals surface area contributed by atoms with Crippen molar-refractivity contribution in [1.82, 2.24) is 0 Å². The third-order valence-corrected chi connectivity index (χ3v) is 3.56. The van der Waals surface area contributed by atoms with Gasteiger partial charge in [-0.1, -0.05) is 19.3 Å². The van der Waals surface area contributed by atoms with Gasteiger partial charge in [0.15, 0.2) is 0 Å². The van der Waals surface area contributed by atoms with Crippen LogP contribution in [0.4, 0.5) is 0 Å². The van der Waals surface area contributed by atoms with Gasteiger partial charge in [-0.2, -0.15) is 0 Å². The highest BCUT2D eigenvalue weighted by Crippen LogP contribution is 2.22. The summed E-state index contributed by atoms with van der Waals surface area (Å²) in [6, 6.07) is 2.21. The van der Waals surface area contributed by atoms with Crippen LogP contribution in [0.1, 0.15) is 47.4 Å². The summed E-state index contributed by atoms with van der Waals surface area (Å²) in [5, 5.41) is 0. The lowest BCUT2D eigenvalue weighted by molar-refractivity contribution is -0.140. The number of aryl methyl sites for hydroxylation is 3. The van der Waals surface area contributed by atoms with Gasteiger partial charge in [0.2, 0.25) is 0 Å². The molecule has 2 rings (SSSR count). The van der Waals surface area contributed by atoms with Crippen molar-refractivity contribution in [3.63, 3.8) is 0 Å². The molecule has 1 aliphatic rings. The van der Waals surface area contributed by atoms with Crippen molar-refractivity contribution in [2.45, 2.75) is 52.4 Å². The van der Waals surface area contributed by atoms with Crippen molar-refractivity contribution >= 4 is 17.3 Å². The molecule has 0 spiro atoms. The van der Waals surface area contributed by atoms with Gasteiger partial charge in [-0.3, -0.25) is 4.79 Å². The Kier molecular flexibility index (Phi) is 6.27. The molecular formula is C14H22O2S. The standard InChI is InChI=1S/C11H16O2S.C3H6/c1-8-7-10(9(2)14-8)5-4-6-11(12)13-3;1-2-3-1/h7H,4-6H2,1-3H3;1-3H2. The van der Waals surface area contributed by atoms with Crippen LogP contribution in [-0.4, -0.2) is 13.1 Å². The second-order valence-electron chi connectivity index (χ2n) is 4.43. The summed E-state index contributed by atoms with van der Waals surface area (Å²) in [7, 11) is 1.43. The number of hydrogen-bond acceptors (Lipinski definition) is 3. The summed E-state index contributed by atoms with van der Waals surface area (Å²) in [6.45, 7) is 4.24. The normalized spacial score (nSPS) is 12.6. The highest BCUT2D eigenvalue weighted by Gasteiger charge is 2.04. The zero-order valence-corrected chi connectivity index (χ0v) is 11.9. The fraction of sp³-hybridized carbons (Fsp3) is 0.643. The van der Waals surface area contributed by atoms with Crippen LogP contribution in [0.2, 0.25) is 0 Å². The Labute approximate surface area is 108 Å². The predicted octanol–water partition coefficient (Wildman–Crippen LogP) is 4.03. The Bertz CT molecular complexity index is 350. The monoisotopic (exact) mass is 254 g/mol. The van der Waals surface area contributed by atoms with E-state index in [2.05, 4.69) is 24.7 Å². The molecule has 2 nitrogen and oxygen atoms in total. The number of rotatable bonds is 4. The molecule has 1 fully saturated rings. The summed E-state index contributed by atoms with van der Waals surface area (Å²) in [4.78, 5) is 13.6. The Morgan fingerprint density at radius 3 is 2.41 bits per heavy atom. The van der Waals surface area contributed by atoms with Crippen LogP contribution < -0.4 is 0 Å². The van der Waals surface area contributed by atoms with Crippen molar-refractivity contribution in [2.75, 3.05) is 7.11 Å². The van der Waals surface area contributed by atoms with E-state index in [1.165, 1.54) is 41.7 Å². The number of thiophene rings is 1. The van der Waals surface area contributed by atoms with E-state index in [0.717, 1.165) is 12.8 Å². The molecule has 0 unspecified atom stereocenters. The highest BCUT2D eigenvalue weighted by atomic mass is 32.1. The van der Waals surface area contributed by atoms with Crippen LogP contribution in [0.3, 0.4) is 0 Å². The average Bonchev–Trinajstić information content (AvgIpc) is 3.12. The lowest BCUT2D eigenvalue weighted by Crippen LogP contribution is -2.00. The maximum absolute atomic E-state index is 10.9. The van der Waals surface area contributed by atoms with E-state index in [0.29, 0.717) is 6.42 Å². The summed E-state index contributed by atoms with van der Waals surface area (Å²) < 4.78 is 4.59. The molecule has 0 N–H and O–H groups in total. The first-order chi connectivity index (χ1) is 8.13. The SMILES string of the molecule is C1CC1.COC(=O)CCCc1cc(C)sc1C. The topological polar surface area (TPSA) is 26.3 Å². The van der Waals surface area contributed by atoms with Gasteiger partial charge in [-0.15, -0.1) is 11.3 Å². The minimum atomic E-state index is -0.116. The average molecular weight is 254 g/mol. The van der Waals surface area contributed by atoms with Crippen LogP contribution in [0, 0.1) is 13.8 Å². The lowest BCUT2D eigenvalue weighted by Gasteiger charge is -1.99. The molecule has 1 aliphatic carbocycles. The molecule has 0 aromatic carbocycles. The zero-order chi connectivity index (χ0) is 12.7. The third-order valence-electron chi connectivity index (χ3n) is 2.55. The van der Waals surface area contributed by atoms with Crippen molar-refractivity contribution in [3.8, 4) is 0 Å². The number of carbonyl (C=O) groups excluding carboxylic acids is 1. The van der Waals surface area contributed by atoms with E-state index in [4.69, 9.17) is 0 Å². The van der Waals surface area contributed by atoms with E-state index in [1.807, 2.05) is 11.3 Å². The van der Waals surface area contributed by atoms with Crippen molar-refractivity contribution in [2.24, 2.45) is 0 Å². The van der Waals surface area contributed by atoms with Crippen LogP contribution >= 0.6 is 11.3 Å². The number of esters is 1. The van der Waals surface area contributed by atoms with E-state index in [1.54, 1.807) is 0 Å². The first-order valence-corrected chi connectivity index (χ1v) is 7.08. The fourth-order valence-electron chi connectivity index (χ4n) is 1.46. The fourth-order valence-corrected chi connectivity index (χ4v) is 2.43. The minimum Gasteiger partial charge on any atom is -0.469 e. The smallest absolute Gasteiger partial charge is 0.305 e. The molecule has 0 atom stereocenters. The molecule has 1 saturated carbocycles. The number of ether oxygens (including phenoxy) is 1. The van der Waals surface area contributed by atoms with E-state index in [-0.39, 0.29) is 5.97 Å². The second kappa shape index (κ2) is 7.49. The molecule has 0 aliphatic heterocycles. The lowest BCUT2D eigenvalue weighted by atomic mass is 10.1. The summed E-state index contributed by atoms with van der Waals surface area (Å²) in [5.41, 5.74) is 1.37. The Hall–Kier alpha value is -0.830. The summed E-state index contributed by atoms with van der Waals surface area (Å²) in [5.74, 6) is -0.116. The van der Waals surface area contributed by atoms with Crippen LogP contribution in [0.15, 0.2) is 6.07 Å². The van der Waals surface area contributed by atoms with Crippen LogP contribution in [0.25, 0.3) is 0 Å². The van der Waals surface area contributed by atoms with Gasteiger partial charge in [-0.05, 0) is 38.3 Å².